The van der Waals surface area contributed by atoms with Gasteiger partial charge in [0.25, 0.3) is 0 Å². The van der Waals surface area contributed by atoms with Crippen LogP contribution < -0.4 is 10.9 Å². The molecular weight excluding hydrogens is 186 g/mol. The Kier molecular flexibility index (Phi) is 1.69. The first kappa shape index (κ1) is 8.04. The fourth-order valence-electron chi connectivity index (χ4n) is 1.17. The van der Waals surface area contributed by atoms with Crippen LogP contribution in [0, 0.1) is 11.5 Å². The Labute approximate surface area is 80.8 Å². The normalized spacial score (nSPS) is 20.2. The van der Waals surface area contributed by atoms with Gasteiger partial charge in [-0.25, -0.2) is 5.01 Å². The molecule has 0 aliphatic carbocycles. The van der Waals surface area contributed by atoms with Gasteiger partial charge in [-0.05, 0) is 13.0 Å². The predicted molar refractivity (Wildman–Crippen MR) is 50.0 cm³/mol. The Bertz CT molecular complexity index is 364. The number of nitriles is 1. The number of thiocarbonyl (C=S) groups is 1. The van der Waals surface area contributed by atoms with Crippen LogP contribution in [0.25, 0.3) is 0 Å². The number of nitrogens with one attached hydrogen (secondary N) is 2. The van der Waals surface area contributed by atoms with E-state index in [-0.39, 0.29) is 0 Å². The van der Waals surface area contributed by atoms with Crippen molar-refractivity contribution in [1.29, 1.82) is 5.26 Å². The molecule has 0 unspecified atom stereocenters. The molecule has 0 fully saturated rings. The van der Waals surface area contributed by atoms with Gasteiger partial charge in [-0.2, -0.15) is 10.3 Å². The van der Waals surface area contributed by atoms with Crippen LogP contribution in [-0.4, -0.2) is 15.0 Å². The van der Waals surface area contributed by atoms with E-state index in [1.165, 1.54) is 5.01 Å². The fourth-order valence-corrected chi connectivity index (χ4v) is 1.48. The second-order valence-corrected chi connectivity index (χ2v) is 3.13. The van der Waals surface area contributed by atoms with Crippen molar-refractivity contribution >= 4 is 17.2 Å². The van der Waals surface area contributed by atoms with E-state index in [1.54, 1.807) is 11.2 Å². The van der Waals surface area contributed by atoms with Crippen LogP contribution in [0.15, 0.2) is 23.8 Å². The molecule has 0 amide bonds. The number of rotatable bonds is 0. The molecule has 2 aliphatic rings. The molecule has 66 valence electrons. The van der Waals surface area contributed by atoms with Gasteiger partial charge in [0.1, 0.15) is 10.8 Å². The second kappa shape index (κ2) is 2.73. The molecule has 0 saturated heterocycles. The topological polar surface area (TPSA) is 54.3 Å². The molecule has 6 heteroatoms. The molecule has 2 N–H and O–H groups in total. The summed E-state index contributed by atoms with van der Waals surface area (Å²) < 4.78 is 0. The lowest BCUT2D eigenvalue weighted by Gasteiger charge is -2.25. The summed E-state index contributed by atoms with van der Waals surface area (Å²) in [5, 5.41) is 14.6. The Morgan fingerprint density at radius 2 is 2.38 bits per heavy atom. The van der Waals surface area contributed by atoms with Crippen molar-refractivity contribution in [2.24, 2.45) is 0 Å². The Hall–Kier alpha value is -1.58. The van der Waals surface area contributed by atoms with Crippen molar-refractivity contribution in [2.75, 3.05) is 0 Å². The summed E-state index contributed by atoms with van der Waals surface area (Å²) in [4.78, 5) is 0.639. The van der Waals surface area contributed by atoms with E-state index in [4.69, 9.17) is 17.5 Å². The van der Waals surface area contributed by atoms with E-state index in [1.807, 2.05) is 19.2 Å². The number of fused-ring (bicyclic) bond motifs is 1. The zero-order chi connectivity index (χ0) is 9.42. The van der Waals surface area contributed by atoms with Crippen LogP contribution in [0.1, 0.15) is 6.92 Å². The van der Waals surface area contributed by atoms with Crippen molar-refractivity contribution in [3.63, 3.8) is 0 Å². The maximum absolute atomic E-state index is 8.62. The van der Waals surface area contributed by atoms with Crippen molar-refractivity contribution in [2.45, 2.75) is 6.92 Å². The van der Waals surface area contributed by atoms with Gasteiger partial charge in [-0.1, -0.05) is 12.2 Å². The second-order valence-electron chi connectivity index (χ2n) is 2.71. The fraction of sp³-hybridized carbons (Fsp3) is 0.143. The minimum Gasteiger partial charge on any atom is -0.343 e. The third-order valence-electron chi connectivity index (χ3n) is 1.69. The lowest BCUT2D eigenvalue weighted by molar-refractivity contribution is 0.254. The number of nitrogens with zero attached hydrogens (tertiary/aromatic N) is 3. The zero-order valence-corrected chi connectivity index (χ0v) is 7.72. The summed E-state index contributed by atoms with van der Waals surface area (Å²) in [6.07, 6.45) is 5.40. The van der Waals surface area contributed by atoms with Crippen molar-refractivity contribution < 1.29 is 0 Å². The van der Waals surface area contributed by atoms with E-state index in [2.05, 4.69) is 10.9 Å². The molecule has 13 heavy (non-hydrogen) atoms. The Morgan fingerprint density at radius 3 is 3.08 bits per heavy atom. The molecule has 2 rings (SSSR count). The molecular formula is C7H7N5S. The van der Waals surface area contributed by atoms with Crippen LogP contribution in [0.3, 0.4) is 0 Å². The van der Waals surface area contributed by atoms with E-state index >= 15 is 0 Å². The van der Waals surface area contributed by atoms with Gasteiger partial charge in [-0.15, -0.1) is 5.53 Å². The molecule has 2 heterocycles. The smallest absolute Gasteiger partial charge is 0.201 e. The zero-order valence-electron chi connectivity index (χ0n) is 6.90. The number of hydrazine groups is 2. The summed E-state index contributed by atoms with van der Waals surface area (Å²) in [6.45, 7) is 1.92. The molecule has 2 aliphatic heterocycles. The number of allylic oxidation sites excluding steroid dienone is 1. The van der Waals surface area contributed by atoms with Crippen LogP contribution in [0.5, 0.6) is 0 Å². The van der Waals surface area contributed by atoms with E-state index < -0.39 is 0 Å². The first-order valence-corrected chi connectivity index (χ1v) is 4.08. The minimum absolute atomic E-state index is 0.639. The lowest BCUT2D eigenvalue weighted by Crippen LogP contribution is -2.45. The number of hydrogen-bond donors (Lipinski definition) is 2. The molecule has 5 nitrogen and oxygen atoms in total. The van der Waals surface area contributed by atoms with Crippen molar-refractivity contribution in [3.8, 4) is 6.19 Å². The van der Waals surface area contributed by atoms with Gasteiger partial charge >= 0.3 is 0 Å². The summed E-state index contributed by atoms with van der Waals surface area (Å²) >= 11 is 5.09. The molecule has 0 saturated carbocycles. The summed E-state index contributed by atoms with van der Waals surface area (Å²) in [5.41, 5.74) is 3.74. The first-order valence-electron chi connectivity index (χ1n) is 3.67. The van der Waals surface area contributed by atoms with E-state index in [9.17, 15) is 0 Å². The molecule has 0 atom stereocenters. The summed E-state index contributed by atoms with van der Waals surface area (Å²) in [6, 6.07) is 0. The lowest BCUT2D eigenvalue weighted by atomic mass is 10.3. The third kappa shape index (κ3) is 1.24. The van der Waals surface area contributed by atoms with Gasteiger partial charge in [-0.3, -0.25) is 0 Å². The van der Waals surface area contributed by atoms with Crippen LogP contribution in [-0.2, 0) is 0 Å². The minimum atomic E-state index is 0.639. The highest BCUT2D eigenvalue weighted by molar-refractivity contribution is 7.80. The van der Waals surface area contributed by atoms with Crippen LogP contribution >= 0.6 is 12.2 Å². The maximum Gasteiger partial charge on any atom is 0.201 e. The largest absolute Gasteiger partial charge is 0.343 e. The van der Waals surface area contributed by atoms with Gasteiger partial charge in [0.05, 0.1) is 6.20 Å². The van der Waals surface area contributed by atoms with Crippen LogP contribution in [0.4, 0.5) is 0 Å². The molecule has 0 aromatic rings. The highest BCUT2D eigenvalue weighted by Crippen LogP contribution is 2.15. The highest BCUT2D eigenvalue weighted by Gasteiger charge is 2.26. The highest BCUT2D eigenvalue weighted by atomic mass is 32.1. The molecule has 0 radical (unpaired) electrons. The quantitative estimate of drug-likeness (QED) is 0.421. The predicted octanol–water partition coefficient (Wildman–Crippen LogP) is 0.138. The third-order valence-corrected chi connectivity index (χ3v) is 1.99. The van der Waals surface area contributed by atoms with Gasteiger partial charge in [0, 0.05) is 5.70 Å². The van der Waals surface area contributed by atoms with Gasteiger partial charge in [0.2, 0.25) is 6.19 Å². The average Bonchev–Trinajstić information content (AvgIpc) is 2.47. The summed E-state index contributed by atoms with van der Waals surface area (Å²) in [5.74, 6) is 0.770. The molecule has 0 aromatic carbocycles. The van der Waals surface area contributed by atoms with Crippen molar-refractivity contribution in [3.05, 3.63) is 23.8 Å². The van der Waals surface area contributed by atoms with Gasteiger partial charge in [0.15, 0.2) is 0 Å². The summed E-state index contributed by atoms with van der Waals surface area (Å²) in [7, 11) is 0. The maximum atomic E-state index is 8.62. The molecule has 0 bridgehead atoms. The Morgan fingerprint density at radius 1 is 1.62 bits per heavy atom. The molecule has 0 spiro atoms. The Balaban J connectivity index is 2.30. The monoisotopic (exact) mass is 193 g/mol. The van der Waals surface area contributed by atoms with Crippen LogP contribution in [0.2, 0.25) is 0 Å². The van der Waals surface area contributed by atoms with E-state index in [0.29, 0.717) is 4.99 Å². The molecule has 0 aromatic heterocycles. The first-order chi connectivity index (χ1) is 6.20. The standard InChI is InChI=1S/C7H7N5S/c1-5-2-7(13)12-6(9-5)3-11(4-8)10-12/h2-3,9-10H,1H3. The SMILES string of the molecule is CC1=CC(=S)N2NN(C#N)C=C2N1. The van der Waals surface area contributed by atoms with Crippen molar-refractivity contribution in [1.82, 2.24) is 20.9 Å². The number of hydrogen-bond acceptors (Lipinski definition) is 5. The van der Waals surface area contributed by atoms with E-state index in [0.717, 1.165) is 11.5 Å². The van der Waals surface area contributed by atoms with Gasteiger partial charge < -0.3 is 5.32 Å². The average molecular weight is 193 g/mol.